The molecule has 3 aromatic rings. The topological polar surface area (TPSA) is 76.0 Å². The van der Waals surface area contributed by atoms with E-state index < -0.39 is 10.0 Å². The van der Waals surface area contributed by atoms with Crippen LogP contribution >= 0.6 is 0 Å². The SMILES string of the molecule is CC(c1ccc(F)cc1)(c1c[nH]c2c(CS(N)(=O)=O)cccc12)C1CC1. The lowest BCUT2D eigenvalue weighted by Crippen LogP contribution is -2.26. The summed E-state index contributed by atoms with van der Waals surface area (Å²) < 4.78 is 36.5. The highest BCUT2D eigenvalue weighted by atomic mass is 32.2. The van der Waals surface area contributed by atoms with Crippen LogP contribution in [0.1, 0.15) is 36.5 Å². The quantitative estimate of drug-likeness (QED) is 0.714. The van der Waals surface area contributed by atoms with Crippen LogP contribution in [0, 0.1) is 11.7 Å². The fraction of sp³-hybridized carbons (Fsp3) is 0.300. The average molecular weight is 372 g/mol. The summed E-state index contributed by atoms with van der Waals surface area (Å²) in [5.74, 6) is 0.0242. The van der Waals surface area contributed by atoms with Crippen molar-refractivity contribution in [1.29, 1.82) is 0 Å². The highest BCUT2D eigenvalue weighted by Gasteiger charge is 2.45. The molecule has 0 aliphatic heterocycles. The number of para-hydroxylation sites is 1. The molecule has 1 saturated carbocycles. The number of H-pyrrole nitrogens is 1. The molecule has 0 saturated heterocycles. The number of hydrogen-bond donors (Lipinski definition) is 2. The number of primary sulfonamides is 1. The van der Waals surface area contributed by atoms with Gasteiger partial charge in [-0.2, -0.15) is 0 Å². The molecule has 1 unspecified atom stereocenters. The number of rotatable bonds is 5. The first-order valence-electron chi connectivity index (χ1n) is 8.65. The number of fused-ring (bicyclic) bond motifs is 1. The van der Waals surface area contributed by atoms with E-state index in [1.165, 1.54) is 12.1 Å². The van der Waals surface area contributed by atoms with Crippen molar-refractivity contribution in [2.45, 2.75) is 30.9 Å². The first kappa shape index (κ1) is 17.2. The Labute approximate surface area is 152 Å². The van der Waals surface area contributed by atoms with E-state index >= 15 is 0 Å². The number of nitrogens with one attached hydrogen (secondary N) is 1. The molecule has 1 aliphatic carbocycles. The molecule has 3 N–H and O–H groups in total. The molecule has 2 aromatic carbocycles. The zero-order chi connectivity index (χ0) is 18.5. The summed E-state index contributed by atoms with van der Waals surface area (Å²) in [5.41, 5.74) is 3.38. The van der Waals surface area contributed by atoms with Crippen molar-refractivity contribution in [3.8, 4) is 0 Å². The van der Waals surface area contributed by atoms with Crippen molar-refractivity contribution in [3.63, 3.8) is 0 Å². The Kier molecular flexibility index (Phi) is 3.93. The molecule has 1 heterocycles. The summed E-state index contributed by atoms with van der Waals surface area (Å²) in [4.78, 5) is 3.25. The maximum atomic E-state index is 13.4. The van der Waals surface area contributed by atoms with Gasteiger partial charge in [0.15, 0.2) is 0 Å². The Hall–Kier alpha value is -2.18. The van der Waals surface area contributed by atoms with Gasteiger partial charge in [0.25, 0.3) is 0 Å². The fourth-order valence-electron chi connectivity index (χ4n) is 4.05. The first-order chi connectivity index (χ1) is 12.3. The van der Waals surface area contributed by atoms with Crippen LogP contribution in [-0.4, -0.2) is 13.4 Å². The lowest BCUT2D eigenvalue weighted by Gasteiger charge is -2.30. The third kappa shape index (κ3) is 2.93. The van der Waals surface area contributed by atoms with E-state index in [4.69, 9.17) is 5.14 Å². The predicted molar refractivity (Wildman–Crippen MR) is 101 cm³/mol. The van der Waals surface area contributed by atoms with Crippen LogP contribution in [0.15, 0.2) is 48.7 Å². The van der Waals surface area contributed by atoms with Crippen molar-refractivity contribution >= 4 is 20.9 Å². The number of nitrogens with two attached hydrogens (primary N) is 1. The summed E-state index contributed by atoms with van der Waals surface area (Å²) in [6.45, 7) is 2.19. The molecular formula is C20H21FN2O2S. The Morgan fingerprint density at radius 2 is 1.88 bits per heavy atom. The summed E-state index contributed by atoms with van der Waals surface area (Å²) in [6, 6.07) is 12.3. The number of sulfonamides is 1. The monoisotopic (exact) mass is 372 g/mol. The molecule has 0 spiro atoms. The maximum Gasteiger partial charge on any atom is 0.213 e. The molecule has 1 atom stereocenters. The van der Waals surface area contributed by atoms with Crippen LogP contribution < -0.4 is 5.14 Å². The molecular weight excluding hydrogens is 351 g/mol. The lowest BCUT2D eigenvalue weighted by atomic mass is 9.72. The van der Waals surface area contributed by atoms with Gasteiger partial charge in [-0.15, -0.1) is 0 Å². The van der Waals surface area contributed by atoms with Gasteiger partial charge in [-0.25, -0.2) is 17.9 Å². The van der Waals surface area contributed by atoms with Gasteiger partial charge in [-0.3, -0.25) is 0 Å². The van der Waals surface area contributed by atoms with Gasteiger partial charge >= 0.3 is 0 Å². The van der Waals surface area contributed by atoms with Gasteiger partial charge in [0, 0.05) is 17.0 Å². The molecule has 26 heavy (non-hydrogen) atoms. The van der Waals surface area contributed by atoms with Crippen molar-refractivity contribution in [2.75, 3.05) is 0 Å². The van der Waals surface area contributed by atoms with Gasteiger partial charge in [0.1, 0.15) is 5.82 Å². The van der Waals surface area contributed by atoms with E-state index in [9.17, 15) is 12.8 Å². The van der Waals surface area contributed by atoms with Gasteiger partial charge in [-0.05, 0) is 47.6 Å². The molecule has 6 heteroatoms. The van der Waals surface area contributed by atoms with E-state index in [0.29, 0.717) is 11.5 Å². The van der Waals surface area contributed by atoms with Crippen LogP contribution in [0.3, 0.4) is 0 Å². The highest BCUT2D eigenvalue weighted by Crippen LogP contribution is 2.52. The van der Waals surface area contributed by atoms with Crippen LogP contribution in [-0.2, 0) is 21.2 Å². The Morgan fingerprint density at radius 1 is 1.19 bits per heavy atom. The number of halogens is 1. The second-order valence-corrected chi connectivity index (χ2v) is 8.95. The minimum Gasteiger partial charge on any atom is -0.361 e. The van der Waals surface area contributed by atoms with Crippen LogP contribution in [0.4, 0.5) is 4.39 Å². The Bertz CT molecular complexity index is 1070. The third-order valence-electron chi connectivity index (χ3n) is 5.56. The molecule has 4 nitrogen and oxygen atoms in total. The molecule has 0 radical (unpaired) electrons. The zero-order valence-corrected chi connectivity index (χ0v) is 15.3. The van der Waals surface area contributed by atoms with Gasteiger partial charge in [0.05, 0.1) is 11.3 Å². The van der Waals surface area contributed by atoms with Gasteiger partial charge in [-0.1, -0.05) is 37.3 Å². The Balaban J connectivity index is 1.89. The summed E-state index contributed by atoms with van der Waals surface area (Å²) >= 11 is 0. The maximum absolute atomic E-state index is 13.4. The molecule has 136 valence electrons. The Morgan fingerprint density at radius 3 is 2.50 bits per heavy atom. The second kappa shape index (κ2) is 5.93. The molecule has 0 bridgehead atoms. The lowest BCUT2D eigenvalue weighted by molar-refractivity contribution is 0.497. The van der Waals surface area contributed by atoms with Crippen molar-refractivity contribution in [1.82, 2.24) is 4.98 Å². The molecule has 4 rings (SSSR count). The van der Waals surface area contributed by atoms with Crippen molar-refractivity contribution in [3.05, 3.63) is 71.2 Å². The van der Waals surface area contributed by atoms with Crippen molar-refractivity contribution in [2.24, 2.45) is 11.1 Å². The average Bonchev–Trinajstić information content (AvgIpc) is 3.33. The zero-order valence-electron chi connectivity index (χ0n) is 14.5. The normalized spacial score (nSPS) is 17.3. The van der Waals surface area contributed by atoms with E-state index in [1.54, 1.807) is 6.07 Å². The van der Waals surface area contributed by atoms with Crippen molar-refractivity contribution < 1.29 is 12.8 Å². The molecule has 1 fully saturated rings. The molecule has 1 aliphatic rings. The number of benzene rings is 2. The predicted octanol–water partition coefficient (Wildman–Crippen LogP) is 3.81. The standard InChI is InChI=1S/C20H21FN2O2S/c1-20(14-5-6-14,15-7-9-16(21)10-8-15)18-11-23-19-13(12-26(22,24)25)3-2-4-17(18)19/h2-4,7-11,14,23H,5-6,12H2,1H3,(H2,22,24,25). The summed E-state index contributed by atoms with van der Waals surface area (Å²) in [5, 5.41) is 6.23. The number of aromatic amines is 1. The summed E-state index contributed by atoms with van der Waals surface area (Å²) in [7, 11) is -3.62. The smallest absolute Gasteiger partial charge is 0.213 e. The van der Waals surface area contributed by atoms with Gasteiger partial charge < -0.3 is 4.98 Å². The minimum atomic E-state index is -3.62. The number of aromatic nitrogens is 1. The molecule has 0 amide bonds. The van der Waals surface area contributed by atoms with E-state index in [-0.39, 0.29) is 17.0 Å². The van der Waals surface area contributed by atoms with Crippen LogP contribution in [0.2, 0.25) is 0 Å². The second-order valence-electron chi connectivity index (χ2n) is 7.33. The van der Waals surface area contributed by atoms with E-state index in [1.807, 2.05) is 30.5 Å². The number of hydrogen-bond acceptors (Lipinski definition) is 2. The largest absolute Gasteiger partial charge is 0.361 e. The highest BCUT2D eigenvalue weighted by molar-refractivity contribution is 7.88. The van der Waals surface area contributed by atoms with Crippen LogP contribution in [0.5, 0.6) is 0 Å². The van der Waals surface area contributed by atoms with E-state index in [0.717, 1.165) is 34.9 Å². The first-order valence-corrected chi connectivity index (χ1v) is 10.4. The van der Waals surface area contributed by atoms with E-state index in [2.05, 4.69) is 11.9 Å². The molecule has 1 aromatic heterocycles. The fourth-order valence-corrected chi connectivity index (χ4v) is 4.73. The van der Waals surface area contributed by atoms with Crippen LogP contribution in [0.25, 0.3) is 10.9 Å². The summed E-state index contributed by atoms with van der Waals surface area (Å²) in [6.07, 6.45) is 4.20. The minimum absolute atomic E-state index is 0.207. The third-order valence-corrected chi connectivity index (χ3v) is 6.27. The van der Waals surface area contributed by atoms with Gasteiger partial charge in [0.2, 0.25) is 10.0 Å².